The molecule has 0 bridgehead atoms. The second-order valence-electron chi connectivity index (χ2n) is 6.43. The molecule has 154 valence electrons. The lowest BCUT2D eigenvalue weighted by Crippen LogP contribution is -2.10. The van der Waals surface area contributed by atoms with Crippen LogP contribution in [0.4, 0.5) is 24.0 Å². The van der Waals surface area contributed by atoms with E-state index in [1.807, 2.05) is 24.4 Å². The van der Waals surface area contributed by atoms with Gasteiger partial charge in [0.1, 0.15) is 5.75 Å². The lowest BCUT2D eigenvalue weighted by atomic mass is 10.1. The molecule has 29 heavy (non-hydrogen) atoms. The van der Waals surface area contributed by atoms with Crippen LogP contribution in [0.2, 0.25) is 5.02 Å². The van der Waals surface area contributed by atoms with Gasteiger partial charge in [-0.25, -0.2) is 4.98 Å². The Kier molecular flexibility index (Phi) is 7.03. The van der Waals surface area contributed by atoms with Gasteiger partial charge in [0.05, 0.1) is 17.9 Å². The molecule has 3 aromatic rings. The molecular weight excluding hydrogens is 421 g/mol. The highest BCUT2D eigenvalue weighted by Gasteiger charge is 2.34. The van der Waals surface area contributed by atoms with Gasteiger partial charge in [0, 0.05) is 21.7 Å². The van der Waals surface area contributed by atoms with E-state index in [0.29, 0.717) is 15.8 Å². The molecule has 0 atom stereocenters. The maximum atomic E-state index is 13.5. The molecule has 1 heterocycles. The second kappa shape index (κ2) is 9.50. The molecule has 0 saturated heterocycles. The Morgan fingerprint density at radius 3 is 2.55 bits per heavy atom. The van der Waals surface area contributed by atoms with Crippen molar-refractivity contribution in [3.8, 4) is 17.0 Å². The van der Waals surface area contributed by atoms with E-state index in [-0.39, 0.29) is 12.4 Å². The number of ether oxygens (including phenoxy) is 1. The van der Waals surface area contributed by atoms with E-state index in [9.17, 15) is 13.2 Å². The zero-order chi connectivity index (χ0) is 20.9. The summed E-state index contributed by atoms with van der Waals surface area (Å²) < 4.78 is 45.8. The summed E-state index contributed by atoms with van der Waals surface area (Å²) in [5.74, 6) is -0.153. The summed E-state index contributed by atoms with van der Waals surface area (Å²) in [5.41, 5.74) is 1.11. The molecule has 1 aromatic heterocycles. The number of alkyl halides is 3. The quantitative estimate of drug-likeness (QED) is 0.363. The first-order valence-corrected chi connectivity index (χ1v) is 10.4. The van der Waals surface area contributed by atoms with Crippen molar-refractivity contribution in [3.63, 3.8) is 0 Å². The highest BCUT2D eigenvalue weighted by molar-refractivity contribution is 7.14. The van der Waals surface area contributed by atoms with Gasteiger partial charge in [-0.15, -0.1) is 11.3 Å². The van der Waals surface area contributed by atoms with E-state index < -0.39 is 11.7 Å². The Labute approximate surface area is 176 Å². The van der Waals surface area contributed by atoms with Gasteiger partial charge in [-0.3, -0.25) is 0 Å². The van der Waals surface area contributed by atoms with Gasteiger partial charge in [0.15, 0.2) is 5.13 Å². The SMILES string of the molecule is CCCCCOc1ccc(Nc2nc(-c3ccc(Cl)cc3)cs2)cc1C(F)(F)F. The van der Waals surface area contributed by atoms with Crippen LogP contribution in [0.25, 0.3) is 11.3 Å². The Morgan fingerprint density at radius 1 is 1.10 bits per heavy atom. The summed E-state index contributed by atoms with van der Waals surface area (Å²) in [6.45, 7) is 2.29. The lowest BCUT2D eigenvalue weighted by molar-refractivity contribution is -0.138. The van der Waals surface area contributed by atoms with Crippen molar-refractivity contribution < 1.29 is 17.9 Å². The van der Waals surface area contributed by atoms with Crippen LogP contribution < -0.4 is 10.1 Å². The summed E-state index contributed by atoms with van der Waals surface area (Å²) in [5, 5.41) is 5.91. The van der Waals surface area contributed by atoms with Crippen LogP contribution in [-0.2, 0) is 6.18 Å². The fourth-order valence-corrected chi connectivity index (χ4v) is 3.56. The number of hydrogen-bond acceptors (Lipinski definition) is 4. The maximum absolute atomic E-state index is 13.5. The van der Waals surface area contributed by atoms with Crippen LogP contribution in [0.5, 0.6) is 5.75 Å². The van der Waals surface area contributed by atoms with Crippen molar-refractivity contribution in [2.24, 2.45) is 0 Å². The monoisotopic (exact) mass is 440 g/mol. The summed E-state index contributed by atoms with van der Waals surface area (Å²) in [6, 6.07) is 11.2. The largest absolute Gasteiger partial charge is 0.493 e. The van der Waals surface area contributed by atoms with Crippen LogP contribution >= 0.6 is 22.9 Å². The Balaban J connectivity index is 1.76. The van der Waals surface area contributed by atoms with Gasteiger partial charge in [0.2, 0.25) is 0 Å². The van der Waals surface area contributed by atoms with Crippen LogP contribution in [0, 0.1) is 0 Å². The summed E-state index contributed by atoms with van der Waals surface area (Å²) in [4.78, 5) is 4.44. The average Bonchev–Trinajstić information content (AvgIpc) is 3.14. The van der Waals surface area contributed by atoms with E-state index in [2.05, 4.69) is 10.3 Å². The zero-order valence-electron chi connectivity index (χ0n) is 15.7. The molecule has 8 heteroatoms. The maximum Gasteiger partial charge on any atom is 0.420 e. The van der Waals surface area contributed by atoms with E-state index in [4.69, 9.17) is 16.3 Å². The smallest absolute Gasteiger partial charge is 0.420 e. The molecule has 1 N–H and O–H groups in total. The fourth-order valence-electron chi connectivity index (χ4n) is 2.70. The van der Waals surface area contributed by atoms with Crippen LogP contribution in [0.1, 0.15) is 31.7 Å². The Morgan fingerprint density at radius 2 is 1.86 bits per heavy atom. The molecule has 0 fully saturated rings. The van der Waals surface area contributed by atoms with Gasteiger partial charge < -0.3 is 10.1 Å². The van der Waals surface area contributed by atoms with E-state index in [1.54, 1.807) is 18.2 Å². The third kappa shape index (κ3) is 5.87. The van der Waals surface area contributed by atoms with Crippen molar-refractivity contribution in [1.82, 2.24) is 4.98 Å². The highest BCUT2D eigenvalue weighted by Crippen LogP contribution is 2.39. The number of nitrogens with zero attached hydrogens (tertiary/aromatic N) is 1. The minimum atomic E-state index is -4.50. The summed E-state index contributed by atoms with van der Waals surface area (Å²) in [6.07, 6.45) is -1.89. The van der Waals surface area contributed by atoms with Gasteiger partial charge in [0.25, 0.3) is 0 Å². The third-order valence-electron chi connectivity index (χ3n) is 4.19. The first kappa shape index (κ1) is 21.5. The van der Waals surface area contributed by atoms with Gasteiger partial charge in [-0.05, 0) is 36.8 Å². The normalized spacial score (nSPS) is 11.5. The molecule has 3 nitrogen and oxygen atoms in total. The van der Waals surface area contributed by atoms with Crippen molar-refractivity contribution >= 4 is 33.8 Å². The lowest BCUT2D eigenvalue weighted by Gasteiger charge is -2.15. The zero-order valence-corrected chi connectivity index (χ0v) is 17.3. The standard InChI is InChI=1S/C21H20ClF3N2OS/c1-2-3-4-11-28-19-10-9-16(12-17(19)21(23,24)25)26-20-27-18(13-29-20)14-5-7-15(22)8-6-14/h5-10,12-13H,2-4,11H2,1H3,(H,26,27). The molecule has 0 saturated carbocycles. The predicted octanol–water partition coefficient (Wildman–Crippen LogP) is 7.79. The van der Waals surface area contributed by atoms with Crippen molar-refractivity contribution in [1.29, 1.82) is 0 Å². The fraction of sp³-hybridized carbons (Fsp3) is 0.286. The molecular formula is C21H20ClF3N2OS. The number of halogens is 4. The first-order chi connectivity index (χ1) is 13.9. The van der Waals surface area contributed by atoms with Gasteiger partial charge in [-0.2, -0.15) is 13.2 Å². The molecule has 2 aromatic carbocycles. The topological polar surface area (TPSA) is 34.1 Å². The molecule has 0 amide bonds. The van der Waals surface area contributed by atoms with Crippen molar-refractivity contribution in [2.45, 2.75) is 32.4 Å². The predicted molar refractivity (Wildman–Crippen MR) is 112 cm³/mol. The number of aromatic nitrogens is 1. The Hall–Kier alpha value is -2.25. The van der Waals surface area contributed by atoms with Gasteiger partial charge in [-0.1, -0.05) is 43.5 Å². The molecule has 0 aliphatic heterocycles. The van der Waals surface area contributed by atoms with E-state index in [1.165, 1.54) is 17.4 Å². The molecule has 0 aliphatic rings. The first-order valence-electron chi connectivity index (χ1n) is 9.19. The third-order valence-corrected chi connectivity index (χ3v) is 5.20. The van der Waals surface area contributed by atoms with Crippen LogP contribution in [-0.4, -0.2) is 11.6 Å². The molecule has 0 aliphatic carbocycles. The second-order valence-corrected chi connectivity index (χ2v) is 7.73. The molecule has 3 rings (SSSR count). The number of benzene rings is 2. The highest BCUT2D eigenvalue weighted by atomic mass is 35.5. The number of unbranched alkanes of at least 4 members (excludes halogenated alkanes) is 2. The Bertz CT molecular complexity index is 942. The van der Waals surface area contributed by atoms with E-state index >= 15 is 0 Å². The molecule has 0 unspecified atom stereocenters. The minimum absolute atomic E-state index is 0.153. The number of rotatable bonds is 8. The number of hydrogen-bond donors (Lipinski definition) is 1. The molecule has 0 spiro atoms. The van der Waals surface area contributed by atoms with Crippen molar-refractivity contribution in [2.75, 3.05) is 11.9 Å². The van der Waals surface area contributed by atoms with Crippen LogP contribution in [0.15, 0.2) is 47.8 Å². The number of nitrogens with one attached hydrogen (secondary N) is 1. The molecule has 0 radical (unpaired) electrons. The minimum Gasteiger partial charge on any atom is -0.493 e. The van der Waals surface area contributed by atoms with Crippen molar-refractivity contribution in [3.05, 3.63) is 58.4 Å². The van der Waals surface area contributed by atoms with E-state index in [0.717, 1.165) is 36.6 Å². The summed E-state index contributed by atoms with van der Waals surface area (Å²) in [7, 11) is 0. The van der Waals surface area contributed by atoms with Gasteiger partial charge >= 0.3 is 6.18 Å². The number of anilines is 2. The van der Waals surface area contributed by atoms with Crippen LogP contribution in [0.3, 0.4) is 0 Å². The number of thiazole rings is 1. The average molecular weight is 441 g/mol. The summed E-state index contributed by atoms with van der Waals surface area (Å²) >= 11 is 7.20.